The number of phenols is 2. The molecule has 0 radical (unpaired) electrons. The number of phenolic OH excluding ortho intramolecular Hbond substituents is 2. The monoisotopic (exact) mass is 182 g/mol. The van der Waals surface area contributed by atoms with Crippen LogP contribution in [0, 0.1) is 6.92 Å². The number of rotatable bonds is 1. The minimum absolute atomic E-state index is 0.0329. The van der Waals surface area contributed by atoms with Gasteiger partial charge in [0.15, 0.2) is 0 Å². The Kier molecular flexibility index (Phi) is 2.22. The van der Waals surface area contributed by atoms with Crippen molar-refractivity contribution in [2.75, 3.05) is 0 Å². The first-order chi connectivity index (χ1) is 5.84. The largest absolute Gasteiger partial charge is 0.508 e. The predicted octanol–water partition coefficient (Wildman–Crippen LogP) is 1.63. The molecule has 0 saturated carbocycles. The first-order valence-electron chi connectivity index (χ1n) is 4.08. The summed E-state index contributed by atoms with van der Waals surface area (Å²) in [4.78, 5) is 0. The Bertz CT molecular complexity index is 324. The highest BCUT2D eigenvalue weighted by Gasteiger charge is 2.21. The van der Waals surface area contributed by atoms with E-state index in [0.29, 0.717) is 11.1 Å². The number of aliphatic hydroxyl groups is 1. The Hall–Kier alpha value is -1.22. The molecule has 3 N–H and O–H groups in total. The Morgan fingerprint density at radius 3 is 2.15 bits per heavy atom. The Morgan fingerprint density at radius 1 is 1.15 bits per heavy atom. The first-order valence-corrected chi connectivity index (χ1v) is 4.08. The van der Waals surface area contributed by atoms with Crippen LogP contribution in [0.15, 0.2) is 12.1 Å². The van der Waals surface area contributed by atoms with Gasteiger partial charge in [-0.2, -0.15) is 0 Å². The Labute approximate surface area is 77.3 Å². The van der Waals surface area contributed by atoms with E-state index < -0.39 is 5.60 Å². The fourth-order valence-corrected chi connectivity index (χ4v) is 1.18. The van der Waals surface area contributed by atoms with E-state index in [0.717, 1.165) is 0 Å². The lowest BCUT2D eigenvalue weighted by molar-refractivity contribution is 0.0756. The molecule has 0 unspecified atom stereocenters. The second-order valence-corrected chi connectivity index (χ2v) is 3.66. The molecule has 1 aromatic carbocycles. The molecule has 1 aromatic rings. The Morgan fingerprint density at radius 2 is 1.69 bits per heavy atom. The maximum atomic E-state index is 9.64. The molecule has 0 aliphatic carbocycles. The molecule has 0 aliphatic heterocycles. The first kappa shape index (κ1) is 9.86. The Balaban J connectivity index is 3.35. The van der Waals surface area contributed by atoms with Crippen LogP contribution in [0.25, 0.3) is 0 Å². The molecule has 13 heavy (non-hydrogen) atoms. The normalized spacial score (nSPS) is 11.7. The van der Waals surface area contributed by atoms with Crippen LogP contribution in [0.2, 0.25) is 0 Å². The maximum absolute atomic E-state index is 9.64. The molecule has 0 aromatic heterocycles. The average Bonchev–Trinajstić information content (AvgIpc) is 1.98. The molecule has 3 heteroatoms. The molecule has 0 bridgehead atoms. The summed E-state index contributed by atoms with van der Waals surface area (Å²) in [6.45, 7) is 4.76. The van der Waals surface area contributed by atoms with Crippen molar-refractivity contribution < 1.29 is 15.3 Å². The van der Waals surface area contributed by atoms with Gasteiger partial charge in [-0.15, -0.1) is 0 Å². The molecule has 0 heterocycles. The summed E-state index contributed by atoms with van der Waals surface area (Å²) in [7, 11) is 0. The molecule has 0 saturated heterocycles. The van der Waals surface area contributed by atoms with Gasteiger partial charge in [0.1, 0.15) is 11.5 Å². The van der Waals surface area contributed by atoms with Crippen LogP contribution in [0.3, 0.4) is 0 Å². The van der Waals surface area contributed by atoms with E-state index in [-0.39, 0.29) is 11.5 Å². The predicted molar refractivity (Wildman–Crippen MR) is 49.8 cm³/mol. The van der Waals surface area contributed by atoms with Gasteiger partial charge in [0.25, 0.3) is 0 Å². The lowest BCUT2D eigenvalue weighted by Crippen LogP contribution is -2.15. The summed E-state index contributed by atoms with van der Waals surface area (Å²) in [5.74, 6) is -0.0157. The fraction of sp³-hybridized carbons (Fsp3) is 0.400. The number of benzene rings is 1. The highest BCUT2D eigenvalue weighted by atomic mass is 16.3. The third-order valence-electron chi connectivity index (χ3n) is 2.06. The molecule has 0 atom stereocenters. The van der Waals surface area contributed by atoms with Crippen molar-refractivity contribution in [2.45, 2.75) is 26.4 Å². The summed E-state index contributed by atoms with van der Waals surface area (Å²) in [5.41, 5.74) is -0.287. The second kappa shape index (κ2) is 2.92. The van der Waals surface area contributed by atoms with Gasteiger partial charge in [-0.3, -0.25) is 0 Å². The standard InChI is InChI=1S/C10H14O3/c1-6-8(11)5-4-7(9(6)12)10(2,3)13/h4-5,11-13H,1-3H3. The van der Waals surface area contributed by atoms with Gasteiger partial charge in [-0.1, -0.05) is 0 Å². The van der Waals surface area contributed by atoms with Crippen molar-refractivity contribution in [2.24, 2.45) is 0 Å². The van der Waals surface area contributed by atoms with Gasteiger partial charge in [0.05, 0.1) is 5.60 Å². The van der Waals surface area contributed by atoms with Crippen molar-refractivity contribution in [1.82, 2.24) is 0 Å². The van der Waals surface area contributed by atoms with Crippen molar-refractivity contribution >= 4 is 0 Å². The zero-order valence-corrected chi connectivity index (χ0v) is 8.00. The molecule has 0 fully saturated rings. The van der Waals surface area contributed by atoms with E-state index in [4.69, 9.17) is 0 Å². The summed E-state index contributed by atoms with van der Waals surface area (Å²) in [5, 5.41) is 28.5. The van der Waals surface area contributed by atoms with E-state index >= 15 is 0 Å². The van der Waals surface area contributed by atoms with Gasteiger partial charge in [-0.05, 0) is 32.9 Å². The average molecular weight is 182 g/mol. The van der Waals surface area contributed by atoms with Crippen molar-refractivity contribution in [3.63, 3.8) is 0 Å². The van der Waals surface area contributed by atoms with Gasteiger partial charge in [0.2, 0.25) is 0 Å². The summed E-state index contributed by atoms with van der Waals surface area (Å²) in [6.07, 6.45) is 0. The van der Waals surface area contributed by atoms with Gasteiger partial charge >= 0.3 is 0 Å². The van der Waals surface area contributed by atoms with Gasteiger partial charge < -0.3 is 15.3 Å². The third-order valence-corrected chi connectivity index (χ3v) is 2.06. The van der Waals surface area contributed by atoms with Gasteiger partial charge in [0, 0.05) is 11.1 Å². The molecule has 1 rings (SSSR count). The lowest BCUT2D eigenvalue weighted by Gasteiger charge is -2.20. The quantitative estimate of drug-likeness (QED) is 0.618. The van der Waals surface area contributed by atoms with Crippen LogP contribution in [-0.2, 0) is 5.60 Å². The van der Waals surface area contributed by atoms with Crippen molar-refractivity contribution in [1.29, 1.82) is 0 Å². The molecular weight excluding hydrogens is 168 g/mol. The van der Waals surface area contributed by atoms with E-state index in [2.05, 4.69) is 0 Å². The molecule has 0 spiro atoms. The van der Waals surface area contributed by atoms with Crippen LogP contribution in [0.5, 0.6) is 11.5 Å². The van der Waals surface area contributed by atoms with Crippen molar-refractivity contribution in [3.05, 3.63) is 23.3 Å². The van der Waals surface area contributed by atoms with Gasteiger partial charge in [-0.25, -0.2) is 0 Å². The lowest BCUT2D eigenvalue weighted by atomic mass is 9.95. The molecule has 0 aliphatic rings. The van der Waals surface area contributed by atoms with E-state index in [1.807, 2.05) is 0 Å². The summed E-state index contributed by atoms with van der Waals surface area (Å²) >= 11 is 0. The minimum atomic E-state index is -1.09. The molecular formula is C10H14O3. The smallest absolute Gasteiger partial charge is 0.128 e. The molecule has 3 nitrogen and oxygen atoms in total. The topological polar surface area (TPSA) is 60.7 Å². The van der Waals surface area contributed by atoms with E-state index in [1.54, 1.807) is 20.8 Å². The fourth-order valence-electron chi connectivity index (χ4n) is 1.18. The van der Waals surface area contributed by atoms with Crippen LogP contribution in [-0.4, -0.2) is 15.3 Å². The van der Waals surface area contributed by atoms with Crippen LogP contribution in [0.4, 0.5) is 0 Å². The SMILES string of the molecule is Cc1c(O)ccc(C(C)(C)O)c1O. The second-order valence-electron chi connectivity index (χ2n) is 3.66. The van der Waals surface area contributed by atoms with Crippen LogP contribution < -0.4 is 0 Å². The number of hydrogen-bond donors (Lipinski definition) is 3. The van der Waals surface area contributed by atoms with E-state index in [9.17, 15) is 15.3 Å². The maximum Gasteiger partial charge on any atom is 0.128 e. The highest BCUT2D eigenvalue weighted by Crippen LogP contribution is 2.35. The van der Waals surface area contributed by atoms with Crippen LogP contribution >= 0.6 is 0 Å². The molecule has 0 amide bonds. The minimum Gasteiger partial charge on any atom is -0.508 e. The highest BCUT2D eigenvalue weighted by molar-refractivity contribution is 5.49. The summed E-state index contributed by atoms with van der Waals surface area (Å²) in [6, 6.07) is 2.97. The third kappa shape index (κ3) is 1.75. The molecule has 72 valence electrons. The zero-order chi connectivity index (χ0) is 10.2. The van der Waals surface area contributed by atoms with Crippen molar-refractivity contribution in [3.8, 4) is 11.5 Å². The van der Waals surface area contributed by atoms with Crippen LogP contribution in [0.1, 0.15) is 25.0 Å². The zero-order valence-electron chi connectivity index (χ0n) is 8.00. The summed E-state index contributed by atoms with van der Waals surface area (Å²) < 4.78 is 0. The number of hydrogen-bond acceptors (Lipinski definition) is 3. The van der Waals surface area contributed by atoms with E-state index in [1.165, 1.54) is 12.1 Å². The number of aromatic hydroxyl groups is 2.